The number of esters is 1. The third-order valence-electron chi connectivity index (χ3n) is 4.78. The maximum Gasteiger partial charge on any atom is 0.407 e. The summed E-state index contributed by atoms with van der Waals surface area (Å²) in [6, 6.07) is 8.19. The Bertz CT molecular complexity index is 726. The van der Waals surface area contributed by atoms with Crippen molar-refractivity contribution in [3.8, 4) is 0 Å². The Balaban J connectivity index is 1.70. The molecule has 0 aromatic heterocycles. The molecule has 160 valence electrons. The topological polar surface area (TPSA) is 84.9 Å². The van der Waals surface area contributed by atoms with Gasteiger partial charge in [-0.15, -0.1) is 0 Å². The van der Waals surface area contributed by atoms with Crippen LogP contribution in [0.5, 0.6) is 0 Å². The number of hydrogen-bond acceptors (Lipinski definition) is 5. The van der Waals surface area contributed by atoms with Gasteiger partial charge >= 0.3 is 12.1 Å². The quantitative estimate of drug-likeness (QED) is 0.556. The number of nitrogens with zero attached hydrogens (tertiary/aromatic N) is 1. The van der Waals surface area contributed by atoms with Gasteiger partial charge in [0.15, 0.2) is 6.61 Å². The lowest BCUT2D eigenvalue weighted by molar-refractivity contribution is -0.152. The van der Waals surface area contributed by atoms with Crippen LogP contribution in [0.3, 0.4) is 0 Å². The van der Waals surface area contributed by atoms with Crippen molar-refractivity contribution >= 4 is 18.0 Å². The van der Waals surface area contributed by atoms with Crippen LogP contribution in [0, 0.1) is 0 Å². The molecule has 2 rings (SSSR count). The van der Waals surface area contributed by atoms with Crippen molar-refractivity contribution in [3.63, 3.8) is 0 Å². The number of carbonyl (C=O) groups is 3. The van der Waals surface area contributed by atoms with Crippen LogP contribution in [-0.2, 0) is 25.5 Å². The van der Waals surface area contributed by atoms with Crippen molar-refractivity contribution in [2.24, 2.45) is 0 Å². The molecule has 1 aliphatic carbocycles. The predicted octanol–water partition coefficient (Wildman–Crippen LogP) is 3.37. The van der Waals surface area contributed by atoms with Gasteiger partial charge < -0.3 is 19.7 Å². The Morgan fingerprint density at radius 1 is 1.21 bits per heavy atom. The fraction of sp³-hybridized carbons (Fsp3) is 0.591. The van der Waals surface area contributed by atoms with Gasteiger partial charge in [0.05, 0.1) is 6.04 Å². The van der Waals surface area contributed by atoms with E-state index in [-0.39, 0.29) is 25.0 Å². The zero-order chi connectivity index (χ0) is 21.4. The predicted molar refractivity (Wildman–Crippen MR) is 109 cm³/mol. The molecule has 1 atom stereocenters. The Kier molecular flexibility index (Phi) is 8.05. The van der Waals surface area contributed by atoms with Crippen LogP contribution in [0.4, 0.5) is 4.79 Å². The normalized spacial score (nSPS) is 15.8. The second-order valence-electron chi connectivity index (χ2n) is 8.30. The number of fused-ring (bicyclic) bond motifs is 1. The smallest absolute Gasteiger partial charge is 0.407 e. The lowest BCUT2D eigenvalue weighted by atomic mass is 9.87. The van der Waals surface area contributed by atoms with E-state index in [0.717, 1.165) is 19.3 Å². The summed E-state index contributed by atoms with van der Waals surface area (Å²) in [6.07, 6.45) is 2.99. The van der Waals surface area contributed by atoms with Crippen molar-refractivity contribution in [1.29, 1.82) is 0 Å². The maximum absolute atomic E-state index is 12.5. The molecule has 0 bridgehead atoms. The van der Waals surface area contributed by atoms with E-state index in [2.05, 4.69) is 17.4 Å². The van der Waals surface area contributed by atoms with Gasteiger partial charge in [-0.1, -0.05) is 24.3 Å². The first-order valence-corrected chi connectivity index (χ1v) is 10.1. The second-order valence-corrected chi connectivity index (χ2v) is 8.30. The summed E-state index contributed by atoms with van der Waals surface area (Å²) >= 11 is 0. The van der Waals surface area contributed by atoms with E-state index >= 15 is 0 Å². The third kappa shape index (κ3) is 7.40. The number of likely N-dealkylation sites (N-methyl/N-ethyl adjacent to an activating group) is 1. The van der Waals surface area contributed by atoms with Crippen LogP contribution in [-0.4, -0.2) is 48.7 Å². The van der Waals surface area contributed by atoms with Crippen molar-refractivity contribution in [2.45, 2.75) is 64.5 Å². The van der Waals surface area contributed by atoms with E-state index in [0.29, 0.717) is 13.0 Å². The molecule has 1 aromatic rings. The first-order chi connectivity index (χ1) is 13.7. The van der Waals surface area contributed by atoms with Crippen molar-refractivity contribution in [2.75, 3.05) is 20.2 Å². The molecule has 0 unspecified atom stereocenters. The van der Waals surface area contributed by atoms with E-state index in [4.69, 9.17) is 9.47 Å². The van der Waals surface area contributed by atoms with Gasteiger partial charge in [0, 0.05) is 20.0 Å². The lowest BCUT2D eigenvalue weighted by Gasteiger charge is -2.33. The first-order valence-electron chi connectivity index (χ1n) is 10.1. The van der Waals surface area contributed by atoms with Gasteiger partial charge in [-0.3, -0.25) is 9.59 Å². The minimum atomic E-state index is -0.561. The number of aryl methyl sites for hydroxylation is 1. The van der Waals surface area contributed by atoms with E-state index in [1.54, 1.807) is 32.7 Å². The highest BCUT2D eigenvalue weighted by Gasteiger charge is 2.26. The van der Waals surface area contributed by atoms with Crippen LogP contribution in [0.15, 0.2) is 24.3 Å². The van der Waals surface area contributed by atoms with Gasteiger partial charge in [0.1, 0.15) is 5.60 Å². The van der Waals surface area contributed by atoms with E-state index in [1.165, 1.54) is 11.1 Å². The average Bonchev–Trinajstić information content (AvgIpc) is 2.67. The molecule has 2 amide bonds. The van der Waals surface area contributed by atoms with E-state index in [9.17, 15) is 14.4 Å². The zero-order valence-electron chi connectivity index (χ0n) is 17.8. The largest absolute Gasteiger partial charge is 0.456 e. The Morgan fingerprint density at radius 2 is 1.93 bits per heavy atom. The number of benzene rings is 1. The molecule has 29 heavy (non-hydrogen) atoms. The standard InChI is InChI=1S/C22H32N2O5/c1-22(2,3)29-21(27)23-14-8-13-20(26)28-15-19(25)24(4)18-12-7-10-16-9-5-6-11-17(16)18/h5-6,9,11,18H,7-8,10,12-15H2,1-4H3,(H,23,27)/t18-/m0/s1. The SMILES string of the molecule is CN(C(=O)COC(=O)CCCNC(=O)OC(C)(C)C)[C@H]1CCCc2ccccc21. The van der Waals surface area contributed by atoms with Crippen molar-refractivity contribution in [3.05, 3.63) is 35.4 Å². The Hall–Kier alpha value is -2.57. The summed E-state index contributed by atoms with van der Waals surface area (Å²) in [5.74, 6) is -0.672. The third-order valence-corrected chi connectivity index (χ3v) is 4.78. The summed E-state index contributed by atoms with van der Waals surface area (Å²) in [6.45, 7) is 5.38. The molecule has 0 saturated carbocycles. The summed E-state index contributed by atoms with van der Waals surface area (Å²) in [5, 5.41) is 2.59. The van der Waals surface area contributed by atoms with Gasteiger partial charge in [-0.25, -0.2) is 4.79 Å². The van der Waals surface area contributed by atoms with Crippen LogP contribution in [0.1, 0.15) is 63.6 Å². The molecule has 1 aromatic carbocycles. The van der Waals surface area contributed by atoms with Gasteiger partial charge in [-0.05, 0) is 57.6 Å². The highest BCUT2D eigenvalue weighted by molar-refractivity contribution is 5.81. The number of nitrogens with one attached hydrogen (secondary N) is 1. The van der Waals surface area contributed by atoms with Crippen LogP contribution >= 0.6 is 0 Å². The number of amides is 2. The molecular formula is C22H32N2O5. The summed E-state index contributed by atoms with van der Waals surface area (Å²) < 4.78 is 10.2. The van der Waals surface area contributed by atoms with Crippen molar-refractivity contribution < 1.29 is 23.9 Å². The van der Waals surface area contributed by atoms with Gasteiger partial charge in [0.2, 0.25) is 0 Å². The first kappa shape index (κ1) is 22.7. The monoisotopic (exact) mass is 404 g/mol. The number of hydrogen-bond donors (Lipinski definition) is 1. The minimum Gasteiger partial charge on any atom is -0.456 e. The number of carbonyl (C=O) groups excluding carboxylic acids is 3. The fourth-order valence-electron chi connectivity index (χ4n) is 3.36. The molecule has 1 N–H and O–H groups in total. The molecule has 0 aliphatic heterocycles. The molecule has 1 aliphatic rings. The van der Waals surface area contributed by atoms with E-state index in [1.807, 2.05) is 12.1 Å². The van der Waals surface area contributed by atoms with E-state index < -0.39 is 17.7 Å². The minimum absolute atomic E-state index is 0.0178. The van der Waals surface area contributed by atoms with Crippen LogP contribution in [0.2, 0.25) is 0 Å². The molecule has 0 fully saturated rings. The highest BCUT2D eigenvalue weighted by atomic mass is 16.6. The van der Waals surface area contributed by atoms with Crippen molar-refractivity contribution in [1.82, 2.24) is 10.2 Å². The average molecular weight is 405 g/mol. The summed E-state index contributed by atoms with van der Waals surface area (Å²) in [5.41, 5.74) is 1.89. The fourth-order valence-corrected chi connectivity index (χ4v) is 3.36. The molecule has 7 nitrogen and oxygen atoms in total. The van der Waals surface area contributed by atoms with Gasteiger partial charge in [-0.2, -0.15) is 0 Å². The Labute approximate surface area is 172 Å². The Morgan fingerprint density at radius 3 is 2.66 bits per heavy atom. The zero-order valence-corrected chi connectivity index (χ0v) is 17.8. The lowest BCUT2D eigenvalue weighted by Crippen LogP contribution is -2.36. The molecule has 0 spiro atoms. The van der Waals surface area contributed by atoms with Crippen LogP contribution < -0.4 is 5.32 Å². The van der Waals surface area contributed by atoms with Gasteiger partial charge in [0.25, 0.3) is 5.91 Å². The maximum atomic E-state index is 12.5. The summed E-state index contributed by atoms with van der Waals surface area (Å²) in [4.78, 5) is 37.6. The molecule has 7 heteroatoms. The highest BCUT2D eigenvalue weighted by Crippen LogP contribution is 2.33. The number of rotatable bonds is 7. The number of ether oxygens (including phenoxy) is 2. The molecule has 0 saturated heterocycles. The molecule has 0 heterocycles. The molecular weight excluding hydrogens is 372 g/mol. The molecule has 0 radical (unpaired) electrons. The second kappa shape index (κ2) is 10.3. The number of alkyl carbamates (subject to hydrolysis) is 1. The summed E-state index contributed by atoms with van der Waals surface area (Å²) in [7, 11) is 1.76. The van der Waals surface area contributed by atoms with Crippen LogP contribution in [0.25, 0.3) is 0 Å².